The molecule has 0 amide bonds. The standard InChI is InChI=1S/C14H18N2S/c1-3-11(8-15)14-16-13(9-17-14)12-6-4-10(2)5-7-12/h4-7,9,11H,3,8,15H2,1-2H3. The van der Waals surface area contributed by atoms with Gasteiger partial charge in [-0.2, -0.15) is 0 Å². The van der Waals surface area contributed by atoms with Gasteiger partial charge in [0.1, 0.15) is 0 Å². The summed E-state index contributed by atoms with van der Waals surface area (Å²) in [5.41, 5.74) is 9.28. The molecule has 0 aliphatic carbocycles. The third kappa shape index (κ3) is 2.73. The molecule has 0 aliphatic heterocycles. The molecule has 0 saturated heterocycles. The van der Waals surface area contributed by atoms with E-state index in [1.165, 1.54) is 11.1 Å². The minimum Gasteiger partial charge on any atom is -0.330 e. The van der Waals surface area contributed by atoms with Gasteiger partial charge in [-0.25, -0.2) is 4.98 Å². The van der Waals surface area contributed by atoms with Crippen LogP contribution in [0.3, 0.4) is 0 Å². The van der Waals surface area contributed by atoms with E-state index in [4.69, 9.17) is 10.7 Å². The summed E-state index contributed by atoms with van der Waals surface area (Å²) in [5, 5.41) is 3.28. The first-order chi connectivity index (χ1) is 8.24. The molecular weight excluding hydrogens is 228 g/mol. The molecular formula is C14H18N2S. The Morgan fingerprint density at radius 3 is 2.59 bits per heavy atom. The van der Waals surface area contributed by atoms with Crippen LogP contribution in [0.15, 0.2) is 29.6 Å². The number of nitrogens with zero attached hydrogens (tertiary/aromatic N) is 1. The number of nitrogens with two attached hydrogens (primary N) is 1. The van der Waals surface area contributed by atoms with Gasteiger partial charge >= 0.3 is 0 Å². The predicted octanol–water partition coefficient (Wildman–Crippen LogP) is 3.57. The predicted molar refractivity (Wildman–Crippen MR) is 74.4 cm³/mol. The van der Waals surface area contributed by atoms with E-state index >= 15 is 0 Å². The van der Waals surface area contributed by atoms with Crippen molar-refractivity contribution >= 4 is 11.3 Å². The number of aromatic nitrogens is 1. The molecule has 2 N–H and O–H groups in total. The first kappa shape index (κ1) is 12.3. The maximum atomic E-state index is 5.75. The second-order valence-electron chi connectivity index (χ2n) is 4.28. The molecule has 0 bridgehead atoms. The molecule has 0 spiro atoms. The number of thiazole rings is 1. The molecule has 1 aromatic carbocycles. The molecule has 1 atom stereocenters. The smallest absolute Gasteiger partial charge is 0.0976 e. The monoisotopic (exact) mass is 246 g/mol. The summed E-state index contributed by atoms with van der Waals surface area (Å²) in [5.74, 6) is 0.402. The lowest BCUT2D eigenvalue weighted by Gasteiger charge is -2.07. The van der Waals surface area contributed by atoms with Gasteiger partial charge in [0.15, 0.2) is 0 Å². The molecule has 90 valence electrons. The van der Waals surface area contributed by atoms with Gasteiger partial charge in [0.25, 0.3) is 0 Å². The van der Waals surface area contributed by atoms with Crippen molar-refractivity contribution in [2.45, 2.75) is 26.2 Å². The van der Waals surface area contributed by atoms with Gasteiger partial charge in [-0.15, -0.1) is 11.3 Å². The third-order valence-electron chi connectivity index (χ3n) is 3.00. The van der Waals surface area contributed by atoms with E-state index in [0.717, 1.165) is 17.1 Å². The molecule has 0 saturated carbocycles. The Labute approximate surface area is 107 Å². The van der Waals surface area contributed by atoms with Crippen molar-refractivity contribution in [3.63, 3.8) is 0 Å². The molecule has 1 aromatic heterocycles. The van der Waals surface area contributed by atoms with E-state index in [9.17, 15) is 0 Å². The summed E-state index contributed by atoms with van der Waals surface area (Å²) in [6, 6.07) is 8.48. The van der Waals surface area contributed by atoms with E-state index in [-0.39, 0.29) is 0 Å². The summed E-state index contributed by atoms with van der Waals surface area (Å²) < 4.78 is 0. The summed E-state index contributed by atoms with van der Waals surface area (Å²) in [6.45, 7) is 4.93. The third-order valence-corrected chi connectivity index (χ3v) is 4.00. The number of aryl methyl sites for hydroxylation is 1. The van der Waals surface area contributed by atoms with E-state index in [2.05, 4.69) is 43.5 Å². The van der Waals surface area contributed by atoms with Crippen LogP contribution in [0, 0.1) is 6.92 Å². The summed E-state index contributed by atoms with van der Waals surface area (Å²) in [7, 11) is 0. The second-order valence-corrected chi connectivity index (χ2v) is 5.17. The summed E-state index contributed by atoms with van der Waals surface area (Å²) in [6.07, 6.45) is 1.05. The Morgan fingerprint density at radius 2 is 2.00 bits per heavy atom. The summed E-state index contributed by atoms with van der Waals surface area (Å²) >= 11 is 1.71. The number of hydrogen-bond acceptors (Lipinski definition) is 3. The number of benzene rings is 1. The van der Waals surface area contributed by atoms with Gasteiger partial charge in [0.05, 0.1) is 10.7 Å². The molecule has 17 heavy (non-hydrogen) atoms. The van der Waals surface area contributed by atoms with Crippen LogP contribution in [0.1, 0.15) is 29.8 Å². The zero-order valence-corrected chi connectivity index (χ0v) is 11.1. The van der Waals surface area contributed by atoms with Crippen molar-refractivity contribution < 1.29 is 0 Å². The van der Waals surface area contributed by atoms with E-state index in [0.29, 0.717) is 12.5 Å². The maximum Gasteiger partial charge on any atom is 0.0976 e. The highest BCUT2D eigenvalue weighted by molar-refractivity contribution is 7.10. The Kier molecular flexibility index (Phi) is 3.92. The van der Waals surface area contributed by atoms with Crippen LogP contribution in [-0.4, -0.2) is 11.5 Å². The second kappa shape index (κ2) is 5.43. The molecule has 1 heterocycles. The first-order valence-electron chi connectivity index (χ1n) is 5.97. The molecule has 0 fully saturated rings. The van der Waals surface area contributed by atoms with Crippen LogP contribution in [0.2, 0.25) is 0 Å². The Hall–Kier alpha value is -1.19. The summed E-state index contributed by atoms with van der Waals surface area (Å²) in [4.78, 5) is 4.69. The zero-order chi connectivity index (χ0) is 12.3. The van der Waals surface area contributed by atoms with E-state index in [1.807, 2.05) is 0 Å². The van der Waals surface area contributed by atoms with Crippen molar-refractivity contribution in [1.29, 1.82) is 0 Å². The van der Waals surface area contributed by atoms with Gasteiger partial charge in [0.2, 0.25) is 0 Å². The van der Waals surface area contributed by atoms with Crippen LogP contribution in [0.4, 0.5) is 0 Å². The van der Waals surface area contributed by atoms with Gasteiger partial charge < -0.3 is 5.73 Å². The molecule has 2 rings (SSSR count). The zero-order valence-electron chi connectivity index (χ0n) is 10.3. The van der Waals surface area contributed by atoms with Crippen LogP contribution in [-0.2, 0) is 0 Å². The SMILES string of the molecule is CCC(CN)c1nc(-c2ccc(C)cc2)cs1. The molecule has 2 nitrogen and oxygen atoms in total. The highest BCUT2D eigenvalue weighted by Gasteiger charge is 2.12. The minimum atomic E-state index is 0.402. The minimum absolute atomic E-state index is 0.402. The highest BCUT2D eigenvalue weighted by Crippen LogP contribution is 2.27. The Bertz CT molecular complexity index is 469. The van der Waals surface area contributed by atoms with Crippen molar-refractivity contribution in [3.8, 4) is 11.3 Å². The van der Waals surface area contributed by atoms with E-state index in [1.54, 1.807) is 11.3 Å². The number of hydrogen-bond donors (Lipinski definition) is 1. The van der Waals surface area contributed by atoms with Gasteiger partial charge in [-0.05, 0) is 13.3 Å². The highest BCUT2D eigenvalue weighted by atomic mass is 32.1. The van der Waals surface area contributed by atoms with Gasteiger partial charge in [0, 0.05) is 23.4 Å². The quantitative estimate of drug-likeness (QED) is 0.895. The normalized spacial score (nSPS) is 12.6. The van der Waals surface area contributed by atoms with Crippen LogP contribution < -0.4 is 5.73 Å². The van der Waals surface area contributed by atoms with Crippen molar-refractivity contribution in [2.24, 2.45) is 5.73 Å². The lowest BCUT2D eigenvalue weighted by atomic mass is 10.1. The van der Waals surface area contributed by atoms with Gasteiger partial charge in [-0.3, -0.25) is 0 Å². The average molecular weight is 246 g/mol. The molecule has 1 unspecified atom stereocenters. The maximum absolute atomic E-state index is 5.75. The van der Waals surface area contributed by atoms with Gasteiger partial charge in [-0.1, -0.05) is 36.8 Å². The largest absolute Gasteiger partial charge is 0.330 e. The van der Waals surface area contributed by atoms with Crippen LogP contribution >= 0.6 is 11.3 Å². The topological polar surface area (TPSA) is 38.9 Å². The van der Waals surface area contributed by atoms with Crippen molar-refractivity contribution in [2.75, 3.05) is 6.54 Å². The first-order valence-corrected chi connectivity index (χ1v) is 6.85. The van der Waals surface area contributed by atoms with Crippen LogP contribution in [0.5, 0.6) is 0 Å². The lowest BCUT2D eigenvalue weighted by molar-refractivity contribution is 0.670. The van der Waals surface area contributed by atoms with Crippen molar-refractivity contribution in [1.82, 2.24) is 4.98 Å². The van der Waals surface area contributed by atoms with Crippen LogP contribution in [0.25, 0.3) is 11.3 Å². The van der Waals surface area contributed by atoms with Crippen molar-refractivity contribution in [3.05, 3.63) is 40.2 Å². The Morgan fingerprint density at radius 1 is 1.29 bits per heavy atom. The molecule has 3 heteroatoms. The average Bonchev–Trinajstić information content (AvgIpc) is 2.81. The number of rotatable bonds is 4. The molecule has 2 aromatic rings. The Balaban J connectivity index is 2.26. The fourth-order valence-corrected chi connectivity index (χ4v) is 2.80. The fraction of sp³-hybridized carbons (Fsp3) is 0.357. The fourth-order valence-electron chi connectivity index (χ4n) is 1.77. The molecule has 0 aliphatic rings. The lowest BCUT2D eigenvalue weighted by Crippen LogP contribution is -2.11. The van der Waals surface area contributed by atoms with E-state index < -0.39 is 0 Å². The molecule has 0 radical (unpaired) electrons.